The van der Waals surface area contributed by atoms with Crippen molar-refractivity contribution in [2.24, 2.45) is 0 Å². The van der Waals surface area contributed by atoms with Crippen molar-refractivity contribution in [3.63, 3.8) is 0 Å². The van der Waals surface area contributed by atoms with Gasteiger partial charge in [-0.2, -0.15) is 0 Å². The van der Waals surface area contributed by atoms with Gasteiger partial charge in [-0.1, -0.05) is 54.1 Å². The second kappa shape index (κ2) is 10.4. The lowest BCUT2D eigenvalue weighted by molar-refractivity contribution is 0.0627. The van der Waals surface area contributed by atoms with E-state index in [9.17, 15) is 9.18 Å². The average molecular weight is 525 g/mol. The fourth-order valence-electron chi connectivity index (χ4n) is 4.98. The lowest BCUT2D eigenvalue weighted by Gasteiger charge is -2.34. The molecule has 1 fully saturated rings. The van der Waals surface area contributed by atoms with E-state index >= 15 is 0 Å². The van der Waals surface area contributed by atoms with Crippen LogP contribution in [0.4, 0.5) is 4.39 Å². The van der Waals surface area contributed by atoms with Crippen molar-refractivity contribution < 1.29 is 9.18 Å². The van der Waals surface area contributed by atoms with E-state index in [4.69, 9.17) is 16.6 Å². The maximum atomic E-state index is 13.3. The molecule has 3 aromatic carbocycles. The van der Waals surface area contributed by atoms with E-state index in [2.05, 4.69) is 39.8 Å². The summed E-state index contributed by atoms with van der Waals surface area (Å²) in [4.78, 5) is 22.1. The van der Waals surface area contributed by atoms with Crippen molar-refractivity contribution in [1.29, 1.82) is 0 Å². The molecule has 0 bridgehead atoms. The number of carbonyl (C=O) groups excluding carboxylic acids is 1. The average Bonchev–Trinajstić information content (AvgIpc) is 3.32. The summed E-state index contributed by atoms with van der Waals surface area (Å²) in [7, 11) is 0. The minimum absolute atomic E-state index is 0.0613. The van der Waals surface area contributed by atoms with E-state index in [-0.39, 0.29) is 11.7 Å². The number of carbonyl (C=O) groups is 1. The van der Waals surface area contributed by atoms with Crippen LogP contribution in [0.25, 0.3) is 28.0 Å². The standard InChI is InChI=1S/C31H26ClFN4O/c32-26-11-6-23(7-12-26)30-28(37-20-25(10-15-29(37)34-30)22-4-2-1-3-5-22)21-35-16-18-36(19-17-35)31(38)24-8-13-27(33)14-9-24/h1-15,20H,16-19,21H2. The van der Waals surface area contributed by atoms with Gasteiger partial charge in [0.2, 0.25) is 0 Å². The number of amides is 1. The maximum absolute atomic E-state index is 13.3. The Morgan fingerprint density at radius 3 is 2.18 bits per heavy atom. The highest BCUT2D eigenvalue weighted by Crippen LogP contribution is 2.29. The number of aromatic nitrogens is 2. The molecule has 0 N–H and O–H groups in total. The molecule has 0 atom stereocenters. The van der Waals surface area contributed by atoms with Crippen molar-refractivity contribution in [1.82, 2.24) is 19.2 Å². The highest BCUT2D eigenvalue weighted by molar-refractivity contribution is 6.30. The van der Waals surface area contributed by atoms with E-state index < -0.39 is 0 Å². The number of piperazine rings is 1. The maximum Gasteiger partial charge on any atom is 0.253 e. The van der Waals surface area contributed by atoms with E-state index in [0.29, 0.717) is 30.2 Å². The van der Waals surface area contributed by atoms with Gasteiger partial charge in [-0.25, -0.2) is 9.37 Å². The number of benzene rings is 3. The third kappa shape index (κ3) is 4.93. The number of imidazole rings is 1. The molecule has 6 rings (SSSR count). The summed E-state index contributed by atoms with van der Waals surface area (Å²) in [6.45, 7) is 3.38. The molecular weight excluding hydrogens is 499 g/mol. The summed E-state index contributed by atoms with van der Waals surface area (Å²) in [6.07, 6.45) is 2.15. The normalized spacial score (nSPS) is 14.2. The smallest absolute Gasteiger partial charge is 0.253 e. The van der Waals surface area contributed by atoms with Crippen molar-refractivity contribution in [2.45, 2.75) is 6.54 Å². The Kier molecular flexibility index (Phi) is 6.66. The zero-order valence-electron chi connectivity index (χ0n) is 20.7. The summed E-state index contributed by atoms with van der Waals surface area (Å²) >= 11 is 6.17. The Bertz CT molecular complexity index is 1570. The predicted octanol–water partition coefficient (Wildman–Crippen LogP) is 6.42. The Morgan fingerprint density at radius 2 is 1.47 bits per heavy atom. The number of pyridine rings is 1. The molecule has 0 radical (unpaired) electrons. The van der Waals surface area contributed by atoms with Gasteiger partial charge in [0.05, 0.1) is 11.4 Å². The fraction of sp³-hybridized carbons (Fsp3) is 0.161. The number of fused-ring (bicyclic) bond motifs is 1. The van der Waals surface area contributed by atoms with Crippen molar-refractivity contribution in [2.75, 3.05) is 26.2 Å². The first-order valence-corrected chi connectivity index (χ1v) is 13.0. The topological polar surface area (TPSA) is 40.9 Å². The summed E-state index contributed by atoms with van der Waals surface area (Å²) in [5.74, 6) is -0.403. The van der Waals surface area contributed by atoms with Crippen molar-refractivity contribution in [3.05, 3.63) is 119 Å². The van der Waals surface area contributed by atoms with Crippen LogP contribution in [0.1, 0.15) is 16.1 Å². The molecule has 1 aliphatic heterocycles. The lowest BCUT2D eigenvalue weighted by atomic mass is 10.1. The molecule has 5 nitrogen and oxygen atoms in total. The van der Waals surface area contributed by atoms with Crippen LogP contribution in [0, 0.1) is 5.82 Å². The highest BCUT2D eigenvalue weighted by Gasteiger charge is 2.24. The SMILES string of the molecule is O=C(c1ccc(F)cc1)N1CCN(Cc2c(-c3ccc(Cl)cc3)nc3ccc(-c4ccccc4)cn23)CC1. The molecule has 1 saturated heterocycles. The Balaban J connectivity index is 1.29. The molecule has 0 saturated carbocycles. The molecule has 0 unspecified atom stereocenters. The highest BCUT2D eigenvalue weighted by atomic mass is 35.5. The third-order valence-corrected chi connectivity index (χ3v) is 7.32. The molecule has 190 valence electrons. The van der Waals surface area contributed by atoms with Crippen LogP contribution in [0.3, 0.4) is 0 Å². The molecule has 1 aliphatic rings. The first kappa shape index (κ1) is 24.3. The first-order chi connectivity index (χ1) is 18.5. The van der Waals surface area contributed by atoms with Crippen LogP contribution < -0.4 is 0 Å². The summed E-state index contributed by atoms with van der Waals surface area (Å²) in [6, 6.07) is 28.0. The van der Waals surface area contributed by atoms with Crippen LogP contribution in [-0.4, -0.2) is 51.3 Å². The van der Waals surface area contributed by atoms with Crippen LogP contribution in [0.15, 0.2) is 97.2 Å². The Labute approximate surface area is 225 Å². The summed E-state index contributed by atoms with van der Waals surface area (Å²) in [5.41, 5.74) is 6.70. The zero-order chi connectivity index (χ0) is 26.1. The Hall–Kier alpha value is -4.00. The van der Waals surface area contributed by atoms with Crippen LogP contribution in [-0.2, 0) is 6.54 Å². The number of rotatable bonds is 5. The van der Waals surface area contributed by atoms with Crippen LogP contribution in [0.2, 0.25) is 5.02 Å². The number of hydrogen-bond donors (Lipinski definition) is 0. The quantitative estimate of drug-likeness (QED) is 0.266. The molecule has 3 heterocycles. The van der Waals surface area contributed by atoms with Gasteiger partial charge in [0, 0.05) is 55.1 Å². The third-order valence-electron chi connectivity index (χ3n) is 7.07. The van der Waals surface area contributed by atoms with Gasteiger partial charge >= 0.3 is 0 Å². The van der Waals surface area contributed by atoms with E-state index in [1.165, 1.54) is 12.1 Å². The Morgan fingerprint density at radius 1 is 0.789 bits per heavy atom. The van der Waals surface area contributed by atoms with Crippen LogP contribution in [0.5, 0.6) is 0 Å². The van der Waals surface area contributed by atoms with Crippen molar-refractivity contribution >= 4 is 23.2 Å². The predicted molar refractivity (Wildman–Crippen MR) is 149 cm³/mol. The van der Waals surface area contributed by atoms with E-state index in [1.54, 1.807) is 12.1 Å². The van der Waals surface area contributed by atoms with Gasteiger partial charge in [0.1, 0.15) is 11.5 Å². The van der Waals surface area contributed by atoms with Crippen LogP contribution >= 0.6 is 11.6 Å². The van der Waals surface area contributed by atoms with Gasteiger partial charge in [0.25, 0.3) is 5.91 Å². The minimum Gasteiger partial charge on any atom is -0.336 e. The van der Waals surface area contributed by atoms with Gasteiger partial charge < -0.3 is 9.30 Å². The summed E-state index contributed by atoms with van der Waals surface area (Å²) in [5, 5.41) is 0.687. The molecule has 5 aromatic rings. The molecule has 0 spiro atoms. The molecule has 0 aliphatic carbocycles. The van der Waals surface area contributed by atoms with Gasteiger partial charge in [-0.15, -0.1) is 0 Å². The summed E-state index contributed by atoms with van der Waals surface area (Å²) < 4.78 is 15.5. The number of nitrogens with zero attached hydrogens (tertiary/aromatic N) is 4. The minimum atomic E-state index is -0.341. The number of hydrogen-bond acceptors (Lipinski definition) is 3. The molecule has 7 heteroatoms. The lowest BCUT2D eigenvalue weighted by Crippen LogP contribution is -2.48. The van der Waals surface area contributed by atoms with E-state index in [1.807, 2.05) is 47.4 Å². The largest absolute Gasteiger partial charge is 0.336 e. The monoisotopic (exact) mass is 524 g/mol. The van der Waals surface area contributed by atoms with Crippen molar-refractivity contribution in [3.8, 4) is 22.4 Å². The molecular formula is C31H26ClFN4O. The first-order valence-electron chi connectivity index (χ1n) is 12.6. The van der Waals surface area contributed by atoms with Gasteiger partial charge in [-0.3, -0.25) is 9.69 Å². The molecule has 2 aromatic heterocycles. The van der Waals surface area contributed by atoms with Gasteiger partial charge in [0.15, 0.2) is 0 Å². The van der Waals surface area contributed by atoms with E-state index in [0.717, 1.165) is 46.8 Å². The van der Waals surface area contributed by atoms with Gasteiger partial charge in [-0.05, 0) is 59.7 Å². The second-order valence-electron chi connectivity index (χ2n) is 9.50. The second-order valence-corrected chi connectivity index (χ2v) is 9.94. The molecule has 1 amide bonds. The number of halogens is 2. The molecule has 38 heavy (non-hydrogen) atoms. The fourth-order valence-corrected chi connectivity index (χ4v) is 5.11. The zero-order valence-corrected chi connectivity index (χ0v) is 21.5.